The van der Waals surface area contributed by atoms with Gasteiger partial charge in [-0.2, -0.15) is 0 Å². The van der Waals surface area contributed by atoms with Crippen LogP contribution >= 0.6 is 0 Å². The number of carbonyl (C=O) groups is 1. The Balaban J connectivity index is 0. The van der Waals surface area contributed by atoms with Crippen molar-refractivity contribution < 1.29 is 28.8 Å². The van der Waals surface area contributed by atoms with Crippen molar-refractivity contribution in [2.75, 3.05) is 0 Å². The summed E-state index contributed by atoms with van der Waals surface area (Å²) in [4.78, 5) is 9.70. The molecule has 0 amide bonds. The minimum atomic E-state index is -0.963. The Morgan fingerprint density at radius 3 is 2.00 bits per heavy atom. The predicted molar refractivity (Wildman–Crippen MR) is 24.5 cm³/mol. The summed E-state index contributed by atoms with van der Waals surface area (Å²) in [5.74, 6) is -0.750. The van der Waals surface area contributed by atoms with Crippen LogP contribution in [-0.2, 0) is 4.79 Å². The number of rotatable bonds is 2. The van der Waals surface area contributed by atoms with Gasteiger partial charge in [0.25, 0.3) is 0 Å². The van der Waals surface area contributed by atoms with E-state index in [4.69, 9.17) is 0 Å². The summed E-state index contributed by atoms with van der Waals surface area (Å²) in [6, 6.07) is 0. The summed E-state index contributed by atoms with van der Waals surface area (Å²) in [7, 11) is 0. The van der Waals surface area contributed by atoms with Gasteiger partial charge in [0.05, 0.1) is 0 Å². The fourth-order valence-corrected chi connectivity index (χ4v) is 0.333. The standard InChI is InChI=1S/C5H10O2.Li/c1-4(2)3-5(6)7;/h4H,3H2,1-2H3,(H,6,7);/q;+1/p-1. The first-order valence-corrected chi connectivity index (χ1v) is 2.32. The van der Waals surface area contributed by atoms with E-state index in [9.17, 15) is 9.90 Å². The van der Waals surface area contributed by atoms with E-state index in [2.05, 4.69) is 0 Å². The molecule has 0 aliphatic rings. The van der Waals surface area contributed by atoms with E-state index in [-0.39, 0.29) is 31.2 Å². The summed E-state index contributed by atoms with van der Waals surface area (Å²) in [6.07, 6.45) is 0.167. The van der Waals surface area contributed by atoms with Crippen LogP contribution in [0.1, 0.15) is 20.3 Å². The van der Waals surface area contributed by atoms with E-state index < -0.39 is 5.97 Å². The Labute approximate surface area is 61.5 Å². The zero-order valence-corrected chi connectivity index (χ0v) is 5.60. The summed E-state index contributed by atoms with van der Waals surface area (Å²) >= 11 is 0. The van der Waals surface area contributed by atoms with Crippen LogP contribution in [0.15, 0.2) is 0 Å². The van der Waals surface area contributed by atoms with Gasteiger partial charge in [0.15, 0.2) is 0 Å². The van der Waals surface area contributed by atoms with Crippen LogP contribution in [0.2, 0.25) is 0 Å². The van der Waals surface area contributed by atoms with Gasteiger partial charge in [-0.1, -0.05) is 13.8 Å². The smallest absolute Gasteiger partial charge is 0.550 e. The minimum absolute atomic E-state index is 0. The maximum absolute atomic E-state index is 9.70. The first kappa shape index (κ1) is 10.9. The van der Waals surface area contributed by atoms with Crippen LogP contribution in [0, 0.1) is 5.92 Å². The van der Waals surface area contributed by atoms with Gasteiger partial charge in [0.1, 0.15) is 0 Å². The van der Waals surface area contributed by atoms with E-state index in [1.54, 1.807) is 0 Å². The zero-order chi connectivity index (χ0) is 5.86. The average Bonchev–Trinajstić information content (AvgIpc) is 1.27. The van der Waals surface area contributed by atoms with Crippen LogP contribution in [0.5, 0.6) is 0 Å². The van der Waals surface area contributed by atoms with Gasteiger partial charge in [-0.3, -0.25) is 0 Å². The monoisotopic (exact) mass is 108 g/mol. The Morgan fingerprint density at radius 1 is 1.62 bits per heavy atom. The number of aliphatic carboxylic acids is 1. The fraction of sp³-hybridized carbons (Fsp3) is 0.800. The molecule has 0 aromatic heterocycles. The van der Waals surface area contributed by atoms with Gasteiger partial charge in [-0.25, -0.2) is 0 Å². The van der Waals surface area contributed by atoms with Crippen molar-refractivity contribution in [3.63, 3.8) is 0 Å². The Kier molecular flexibility index (Phi) is 7.13. The van der Waals surface area contributed by atoms with Crippen LogP contribution < -0.4 is 24.0 Å². The molecule has 0 rings (SSSR count). The number of carboxylic acid groups (broad SMARTS) is 1. The maximum atomic E-state index is 9.70. The molecule has 0 saturated heterocycles. The van der Waals surface area contributed by atoms with Gasteiger partial charge >= 0.3 is 18.9 Å². The molecule has 0 aromatic rings. The molecule has 0 heterocycles. The van der Waals surface area contributed by atoms with Gasteiger partial charge in [0, 0.05) is 5.97 Å². The van der Waals surface area contributed by atoms with Crippen molar-refractivity contribution in [2.24, 2.45) is 5.92 Å². The van der Waals surface area contributed by atoms with Gasteiger partial charge in [-0.05, 0) is 12.3 Å². The summed E-state index contributed by atoms with van der Waals surface area (Å²) in [5, 5.41) is 9.70. The molecule has 0 bridgehead atoms. The van der Waals surface area contributed by atoms with Crippen LogP contribution in [0.4, 0.5) is 0 Å². The summed E-state index contributed by atoms with van der Waals surface area (Å²) in [5.41, 5.74) is 0. The zero-order valence-electron chi connectivity index (χ0n) is 5.60. The second kappa shape index (κ2) is 5.21. The Bertz CT molecular complexity index is 70.8. The summed E-state index contributed by atoms with van der Waals surface area (Å²) in [6.45, 7) is 3.69. The van der Waals surface area contributed by atoms with Crippen molar-refractivity contribution in [3.05, 3.63) is 0 Å². The molecule has 42 valence electrons. The molecule has 0 aromatic carbocycles. The number of hydrogen-bond acceptors (Lipinski definition) is 2. The van der Waals surface area contributed by atoms with E-state index in [1.165, 1.54) is 0 Å². The molecule has 0 unspecified atom stereocenters. The third-order valence-electron chi connectivity index (χ3n) is 0.575. The molecule has 8 heavy (non-hydrogen) atoms. The largest absolute Gasteiger partial charge is 1.00 e. The van der Waals surface area contributed by atoms with Crippen molar-refractivity contribution >= 4 is 5.97 Å². The van der Waals surface area contributed by atoms with E-state index in [0.717, 1.165) is 0 Å². The van der Waals surface area contributed by atoms with Gasteiger partial charge in [0.2, 0.25) is 0 Å². The van der Waals surface area contributed by atoms with Crippen LogP contribution in [-0.4, -0.2) is 5.97 Å². The molecule has 3 heteroatoms. The molecule has 0 aliphatic carbocycles. The molecule has 0 spiro atoms. The maximum Gasteiger partial charge on any atom is 1.00 e. The number of carbonyl (C=O) groups excluding carboxylic acids is 1. The molecule has 0 aliphatic heterocycles. The molecule has 0 fully saturated rings. The van der Waals surface area contributed by atoms with Crippen molar-refractivity contribution in [3.8, 4) is 0 Å². The molecular formula is C5H9LiO2. The molecule has 0 N–H and O–H groups in total. The molecular weight excluding hydrogens is 99.0 g/mol. The van der Waals surface area contributed by atoms with Gasteiger partial charge in [-0.15, -0.1) is 0 Å². The van der Waals surface area contributed by atoms with E-state index in [0.29, 0.717) is 0 Å². The number of carboxylic acids is 1. The van der Waals surface area contributed by atoms with Crippen molar-refractivity contribution in [2.45, 2.75) is 20.3 Å². The number of hydrogen-bond donors (Lipinski definition) is 0. The molecule has 0 saturated carbocycles. The van der Waals surface area contributed by atoms with Crippen LogP contribution in [0.25, 0.3) is 0 Å². The Morgan fingerprint density at radius 2 is 2.00 bits per heavy atom. The third-order valence-corrected chi connectivity index (χ3v) is 0.575. The first-order valence-electron chi connectivity index (χ1n) is 2.32. The van der Waals surface area contributed by atoms with Crippen LogP contribution in [0.3, 0.4) is 0 Å². The van der Waals surface area contributed by atoms with Crippen molar-refractivity contribution in [1.29, 1.82) is 0 Å². The SMILES string of the molecule is CC(C)CC(=O)[O-].[Li+]. The van der Waals surface area contributed by atoms with Crippen molar-refractivity contribution in [1.82, 2.24) is 0 Å². The second-order valence-corrected chi connectivity index (χ2v) is 1.97. The minimum Gasteiger partial charge on any atom is -0.550 e. The molecule has 0 radical (unpaired) electrons. The molecule has 0 atom stereocenters. The van der Waals surface area contributed by atoms with E-state index in [1.807, 2.05) is 13.8 Å². The fourth-order valence-electron chi connectivity index (χ4n) is 0.333. The normalized spacial score (nSPS) is 8.38. The average molecular weight is 108 g/mol. The third kappa shape index (κ3) is 9.42. The van der Waals surface area contributed by atoms with Gasteiger partial charge < -0.3 is 9.90 Å². The Hall–Kier alpha value is 0.0674. The first-order chi connectivity index (χ1) is 3.13. The molecule has 2 nitrogen and oxygen atoms in total. The quantitative estimate of drug-likeness (QED) is 0.349. The van der Waals surface area contributed by atoms with E-state index >= 15 is 0 Å². The predicted octanol–water partition coefficient (Wildman–Crippen LogP) is -3.21. The second-order valence-electron chi connectivity index (χ2n) is 1.97. The topological polar surface area (TPSA) is 40.1 Å². The summed E-state index contributed by atoms with van der Waals surface area (Å²) < 4.78 is 0.